The first-order valence-corrected chi connectivity index (χ1v) is 7.23. The Hall–Kier alpha value is -1.95. The highest BCUT2D eigenvalue weighted by atomic mass is 19.1. The van der Waals surface area contributed by atoms with Gasteiger partial charge in [-0.2, -0.15) is 0 Å². The van der Waals surface area contributed by atoms with E-state index >= 15 is 0 Å². The van der Waals surface area contributed by atoms with Crippen LogP contribution in [0.1, 0.15) is 38.4 Å². The predicted octanol–water partition coefficient (Wildman–Crippen LogP) is 2.74. The monoisotopic (exact) mass is 308 g/mol. The van der Waals surface area contributed by atoms with Crippen molar-refractivity contribution in [3.63, 3.8) is 0 Å². The standard InChI is InChI=1S/C16H21FN2O3/c1-16(2,3)22-15(21)19-6-4-11(5-7-19)12-8-13(17)14(10-20)18-9-12/h4,8-9,20H,5-7,10H2,1-3H3. The summed E-state index contributed by atoms with van der Waals surface area (Å²) in [5, 5.41) is 8.93. The summed E-state index contributed by atoms with van der Waals surface area (Å²) in [7, 11) is 0. The van der Waals surface area contributed by atoms with Gasteiger partial charge in [-0.3, -0.25) is 4.98 Å². The van der Waals surface area contributed by atoms with Crippen LogP contribution < -0.4 is 0 Å². The van der Waals surface area contributed by atoms with E-state index in [4.69, 9.17) is 9.84 Å². The van der Waals surface area contributed by atoms with Crippen LogP contribution >= 0.6 is 0 Å². The number of hydrogen-bond acceptors (Lipinski definition) is 4. The summed E-state index contributed by atoms with van der Waals surface area (Å²) >= 11 is 0. The van der Waals surface area contributed by atoms with Crippen molar-refractivity contribution >= 4 is 11.7 Å². The lowest BCUT2D eigenvalue weighted by atomic mass is 10.0. The molecule has 0 aromatic carbocycles. The molecule has 0 atom stereocenters. The van der Waals surface area contributed by atoms with Gasteiger partial charge in [0.05, 0.1) is 6.61 Å². The van der Waals surface area contributed by atoms with Gasteiger partial charge in [0.2, 0.25) is 0 Å². The van der Waals surface area contributed by atoms with E-state index in [1.807, 2.05) is 26.8 Å². The summed E-state index contributed by atoms with van der Waals surface area (Å²) in [6.45, 7) is 6.00. The minimum absolute atomic E-state index is 0.0375. The van der Waals surface area contributed by atoms with E-state index in [-0.39, 0.29) is 11.8 Å². The summed E-state index contributed by atoms with van der Waals surface area (Å²) in [4.78, 5) is 17.5. The summed E-state index contributed by atoms with van der Waals surface area (Å²) < 4.78 is 19.0. The molecule has 1 aromatic rings. The number of hydrogen-bond donors (Lipinski definition) is 1. The zero-order valence-electron chi connectivity index (χ0n) is 13.1. The number of pyridine rings is 1. The first-order chi connectivity index (χ1) is 10.3. The van der Waals surface area contributed by atoms with E-state index in [9.17, 15) is 9.18 Å². The third-order valence-corrected chi connectivity index (χ3v) is 3.30. The Balaban J connectivity index is 2.05. The fraction of sp³-hybridized carbons (Fsp3) is 0.500. The van der Waals surface area contributed by atoms with Gasteiger partial charge in [0.15, 0.2) is 0 Å². The van der Waals surface area contributed by atoms with E-state index in [2.05, 4.69) is 4.98 Å². The Bertz CT molecular complexity index is 594. The topological polar surface area (TPSA) is 62.7 Å². The maximum atomic E-state index is 13.7. The zero-order valence-corrected chi connectivity index (χ0v) is 13.1. The average molecular weight is 308 g/mol. The number of aliphatic hydroxyl groups is 1. The number of rotatable bonds is 2. The first kappa shape index (κ1) is 16.4. The third kappa shape index (κ3) is 4.04. The van der Waals surface area contributed by atoms with Crippen LogP contribution in [0, 0.1) is 5.82 Å². The van der Waals surface area contributed by atoms with Crippen LogP contribution in [0.5, 0.6) is 0 Å². The Morgan fingerprint density at radius 1 is 1.50 bits per heavy atom. The molecule has 0 bridgehead atoms. The fourth-order valence-corrected chi connectivity index (χ4v) is 2.18. The van der Waals surface area contributed by atoms with Crippen molar-refractivity contribution in [2.24, 2.45) is 0 Å². The molecule has 0 fully saturated rings. The van der Waals surface area contributed by atoms with Gasteiger partial charge in [0, 0.05) is 19.3 Å². The second kappa shape index (κ2) is 6.44. The molecular formula is C16H21FN2O3. The van der Waals surface area contributed by atoms with Gasteiger partial charge in [-0.1, -0.05) is 6.08 Å². The second-order valence-corrected chi connectivity index (χ2v) is 6.22. The van der Waals surface area contributed by atoms with Gasteiger partial charge in [0.1, 0.15) is 17.1 Å². The molecule has 1 aromatic heterocycles. The molecule has 1 N–H and O–H groups in total. The minimum Gasteiger partial charge on any atom is -0.444 e. The first-order valence-electron chi connectivity index (χ1n) is 7.23. The molecule has 0 saturated heterocycles. The number of carbonyl (C=O) groups excluding carboxylic acids is 1. The van der Waals surface area contributed by atoms with Crippen LogP contribution in [0.3, 0.4) is 0 Å². The fourth-order valence-electron chi connectivity index (χ4n) is 2.18. The Kier molecular flexibility index (Phi) is 4.81. The molecular weight excluding hydrogens is 287 g/mol. The van der Waals surface area contributed by atoms with Gasteiger partial charge >= 0.3 is 6.09 Å². The molecule has 0 radical (unpaired) electrons. The molecule has 1 aliphatic rings. The highest BCUT2D eigenvalue weighted by molar-refractivity contribution is 5.72. The molecule has 6 heteroatoms. The summed E-state index contributed by atoms with van der Waals surface area (Å²) in [5.41, 5.74) is 1.14. The third-order valence-electron chi connectivity index (χ3n) is 3.30. The molecule has 120 valence electrons. The number of aromatic nitrogens is 1. The summed E-state index contributed by atoms with van der Waals surface area (Å²) in [6.07, 6.45) is 3.69. The van der Waals surface area contributed by atoms with E-state index in [1.54, 1.807) is 11.1 Å². The SMILES string of the molecule is CC(C)(C)OC(=O)N1CC=C(c2cnc(CO)c(F)c2)CC1. The quantitative estimate of drug-likeness (QED) is 0.912. The Labute approximate surface area is 129 Å². The van der Waals surface area contributed by atoms with Crippen molar-refractivity contribution in [2.75, 3.05) is 13.1 Å². The van der Waals surface area contributed by atoms with E-state index in [1.165, 1.54) is 6.07 Å². The van der Waals surface area contributed by atoms with Gasteiger partial charge in [0.25, 0.3) is 0 Å². The Morgan fingerprint density at radius 3 is 2.73 bits per heavy atom. The number of aliphatic hydroxyl groups excluding tert-OH is 1. The van der Waals surface area contributed by atoms with Gasteiger partial charge in [-0.05, 0) is 44.4 Å². The number of amides is 1. The largest absolute Gasteiger partial charge is 0.444 e. The molecule has 5 nitrogen and oxygen atoms in total. The number of ether oxygens (including phenoxy) is 1. The number of carbonyl (C=O) groups is 1. The van der Waals surface area contributed by atoms with Crippen molar-refractivity contribution in [1.29, 1.82) is 0 Å². The highest BCUT2D eigenvalue weighted by Gasteiger charge is 2.24. The average Bonchev–Trinajstić information content (AvgIpc) is 2.45. The molecule has 0 aliphatic carbocycles. The smallest absolute Gasteiger partial charge is 0.410 e. The van der Waals surface area contributed by atoms with Gasteiger partial charge < -0.3 is 14.7 Å². The van der Waals surface area contributed by atoms with Crippen molar-refractivity contribution in [1.82, 2.24) is 9.88 Å². The lowest BCUT2D eigenvalue weighted by Gasteiger charge is -2.29. The summed E-state index contributed by atoms with van der Waals surface area (Å²) in [6, 6.07) is 1.37. The van der Waals surface area contributed by atoms with Crippen molar-refractivity contribution in [3.8, 4) is 0 Å². The summed E-state index contributed by atoms with van der Waals surface area (Å²) in [5.74, 6) is -0.518. The van der Waals surface area contributed by atoms with Crippen LogP contribution in [0.2, 0.25) is 0 Å². The highest BCUT2D eigenvalue weighted by Crippen LogP contribution is 2.24. The lowest BCUT2D eigenvalue weighted by molar-refractivity contribution is 0.0270. The van der Waals surface area contributed by atoms with Gasteiger partial charge in [-0.25, -0.2) is 9.18 Å². The van der Waals surface area contributed by atoms with Crippen LogP contribution in [-0.4, -0.2) is 39.8 Å². The zero-order chi connectivity index (χ0) is 16.3. The lowest BCUT2D eigenvalue weighted by Crippen LogP contribution is -2.39. The van der Waals surface area contributed by atoms with E-state index < -0.39 is 18.0 Å². The molecule has 0 spiro atoms. The van der Waals surface area contributed by atoms with Crippen LogP contribution in [0.4, 0.5) is 9.18 Å². The molecule has 0 saturated carbocycles. The van der Waals surface area contributed by atoms with E-state index in [0.717, 1.165) is 5.57 Å². The maximum absolute atomic E-state index is 13.7. The number of nitrogens with zero attached hydrogens (tertiary/aromatic N) is 2. The van der Waals surface area contributed by atoms with Gasteiger partial charge in [-0.15, -0.1) is 0 Å². The van der Waals surface area contributed by atoms with Crippen molar-refractivity contribution < 1.29 is 19.0 Å². The normalized spacial score (nSPS) is 15.5. The van der Waals surface area contributed by atoms with Crippen molar-refractivity contribution in [2.45, 2.75) is 39.4 Å². The number of halogens is 1. The molecule has 22 heavy (non-hydrogen) atoms. The molecule has 2 rings (SSSR count). The Morgan fingerprint density at radius 2 is 2.23 bits per heavy atom. The molecule has 2 heterocycles. The maximum Gasteiger partial charge on any atom is 0.410 e. The minimum atomic E-state index is -0.520. The van der Waals surface area contributed by atoms with Crippen molar-refractivity contribution in [3.05, 3.63) is 35.4 Å². The predicted molar refractivity (Wildman–Crippen MR) is 80.5 cm³/mol. The van der Waals surface area contributed by atoms with E-state index in [0.29, 0.717) is 25.1 Å². The molecule has 1 aliphatic heterocycles. The van der Waals surface area contributed by atoms with Crippen LogP contribution in [0.15, 0.2) is 18.3 Å². The second-order valence-electron chi connectivity index (χ2n) is 6.22. The molecule has 1 amide bonds. The molecule has 0 unspecified atom stereocenters. The van der Waals surface area contributed by atoms with Crippen LogP contribution in [0.25, 0.3) is 5.57 Å². The van der Waals surface area contributed by atoms with Crippen LogP contribution in [-0.2, 0) is 11.3 Å².